The van der Waals surface area contributed by atoms with Crippen molar-refractivity contribution in [2.45, 2.75) is 25.4 Å². The lowest BCUT2D eigenvalue weighted by Gasteiger charge is -2.42. The van der Waals surface area contributed by atoms with Crippen LogP contribution in [0.15, 0.2) is 24.3 Å². The first-order valence-electron chi connectivity index (χ1n) is 7.36. The number of ether oxygens (including phenoxy) is 2. The number of carbonyl (C=O) groups excluding carboxylic acids is 3. The van der Waals surface area contributed by atoms with Gasteiger partial charge in [-0.2, -0.15) is 0 Å². The van der Waals surface area contributed by atoms with Gasteiger partial charge in [-0.1, -0.05) is 12.1 Å². The van der Waals surface area contributed by atoms with E-state index < -0.39 is 23.3 Å². The summed E-state index contributed by atoms with van der Waals surface area (Å²) >= 11 is 0. The number of rotatable bonds is 1. The van der Waals surface area contributed by atoms with E-state index in [9.17, 15) is 14.4 Å². The van der Waals surface area contributed by atoms with Crippen molar-refractivity contribution in [3.63, 3.8) is 0 Å². The van der Waals surface area contributed by atoms with E-state index in [-0.39, 0.29) is 0 Å². The smallest absolute Gasteiger partial charge is 0.409 e. The van der Waals surface area contributed by atoms with Crippen molar-refractivity contribution in [1.29, 1.82) is 0 Å². The molecule has 1 aromatic carbocycles. The summed E-state index contributed by atoms with van der Waals surface area (Å²) in [6, 6.07) is 6.76. The van der Waals surface area contributed by atoms with E-state index in [4.69, 9.17) is 9.47 Å². The Kier molecular flexibility index (Phi) is 3.60. The fourth-order valence-corrected chi connectivity index (χ4v) is 2.92. The first-order valence-corrected chi connectivity index (χ1v) is 7.36. The molecule has 0 saturated carbocycles. The SMILES string of the molecule is CCOC(=O)N1CCC2(CC1)Oc1ccccc1C(=O)C2=O. The van der Waals surface area contributed by atoms with Crippen LogP contribution in [0.5, 0.6) is 5.75 Å². The molecule has 0 atom stereocenters. The fraction of sp³-hybridized carbons (Fsp3) is 0.438. The molecule has 0 N–H and O–H groups in total. The zero-order valence-electron chi connectivity index (χ0n) is 12.3. The van der Waals surface area contributed by atoms with E-state index in [1.54, 1.807) is 31.2 Å². The predicted octanol–water partition coefficient (Wildman–Crippen LogP) is 1.82. The molecule has 22 heavy (non-hydrogen) atoms. The molecule has 0 bridgehead atoms. The highest BCUT2D eigenvalue weighted by atomic mass is 16.6. The van der Waals surface area contributed by atoms with Crippen LogP contribution in [0.1, 0.15) is 30.1 Å². The number of ketones is 2. The molecule has 0 aromatic heterocycles. The minimum Gasteiger partial charge on any atom is -0.478 e. The van der Waals surface area contributed by atoms with Crippen molar-refractivity contribution in [3.8, 4) is 5.75 Å². The number of likely N-dealkylation sites (tertiary alicyclic amines) is 1. The number of hydrogen-bond acceptors (Lipinski definition) is 5. The van der Waals surface area contributed by atoms with Gasteiger partial charge in [0.1, 0.15) is 5.75 Å². The lowest BCUT2D eigenvalue weighted by atomic mass is 9.81. The molecule has 1 saturated heterocycles. The first kappa shape index (κ1) is 14.6. The topological polar surface area (TPSA) is 72.9 Å². The molecule has 6 heteroatoms. The van der Waals surface area contributed by atoms with Gasteiger partial charge in [0.05, 0.1) is 12.2 Å². The van der Waals surface area contributed by atoms with E-state index >= 15 is 0 Å². The summed E-state index contributed by atoms with van der Waals surface area (Å²) in [5, 5.41) is 0. The Labute approximate surface area is 128 Å². The second-order valence-electron chi connectivity index (χ2n) is 5.44. The van der Waals surface area contributed by atoms with Gasteiger partial charge in [-0.3, -0.25) is 9.59 Å². The van der Waals surface area contributed by atoms with Gasteiger partial charge in [-0.25, -0.2) is 4.79 Å². The fourth-order valence-electron chi connectivity index (χ4n) is 2.92. The van der Waals surface area contributed by atoms with Crippen LogP contribution < -0.4 is 4.74 Å². The Balaban J connectivity index is 1.80. The Hall–Kier alpha value is -2.37. The maximum Gasteiger partial charge on any atom is 0.409 e. The van der Waals surface area contributed by atoms with Gasteiger partial charge < -0.3 is 14.4 Å². The highest BCUT2D eigenvalue weighted by Gasteiger charge is 2.51. The quantitative estimate of drug-likeness (QED) is 0.740. The zero-order valence-corrected chi connectivity index (χ0v) is 12.3. The predicted molar refractivity (Wildman–Crippen MR) is 77.0 cm³/mol. The van der Waals surface area contributed by atoms with Gasteiger partial charge in [0.15, 0.2) is 5.60 Å². The summed E-state index contributed by atoms with van der Waals surface area (Å²) < 4.78 is 10.8. The number of Topliss-reactive ketones (excluding diaryl/α,β-unsaturated/α-hetero) is 2. The molecule has 2 aliphatic rings. The van der Waals surface area contributed by atoms with Crippen LogP contribution in [0, 0.1) is 0 Å². The Morgan fingerprint density at radius 2 is 1.95 bits per heavy atom. The van der Waals surface area contributed by atoms with E-state index in [1.807, 2.05) is 0 Å². The molecule has 0 unspecified atom stereocenters. The first-order chi connectivity index (χ1) is 10.6. The van der Waals surface area contributed by atoms with Crippen molar-refractivity contribution in [2.75, 3.05) is 19.7 Å². The maximum absolute atomic E-state index is 12.5. The Morgan fingerprint density at radius 1 is 1.27 bits per heavy atom. The van der Waals surface area contributed by atoms with E-state index in [0.717, 1.165) is 0 Å². The second-order valence-corrected chi connectivity index (χ2v) is 5.44. The number of amides is 1. The van der Waals surface area contributed by atoms with Crippen molar-refractivity contribution >= 4 is 17.7 Å². The van der Waals surface area contributed by atoms with E-state index in [1.165, 1.54) is 4.90 Å². The molecule has 3 rings (SSSR count). The number of piperidine rings is 1. The monoisotopic (exact) mass is 303 g/mol. The number of hydrogen-bond donors (Lipinski definition) is 0. The third-order valence-corrected chi connectivity index (χ3v) is 4.15. The lowest BCUT2D eigenvalue weighted by Crippen LogP contribution is -2.58. The van der Waals surface area contributed by atoms with Gasteiger partial charge in [0.2, 0.25) is 11.6 Å². The van der Waals surface area contributed by atoms with Crippen LogP contribution in [0.25, 0.3) is 0 Å². The van der Waals surface area contributed by atoms with Crippen molar-refractivity contribution < 1.29 is 23.9 Å². The minimum absolute atomic E-state index is 0.296. The van der Waals surface area contributed by atoms with Crippen molar-refractivity contribution in [3.05, 3.63) is 29.8 Å². The number of carbonyl (C=O) groups is 3. The molecule has 2 aliphatic heterocycles. The molecular formula is C16H17NO5. The van der Waals surface area contributed by atoms with Crippen LogP contribution in [0.2, 0.25) is 0 Å². The average Bonchev–Trinajstić information content (AvgIpc) is 2.54. The summed E-state index contributed by atoms with van der Waals surface area (Å²) in [4.78, 5) is 38.0. The number of benzene rings is 1. The summed E-state index contributed by atoms with van der Waals surface area (Å²) in [6.45, 7) is 2.72. The number of para-hydroxylation sites is 1. The van der Waals surface area contributed by atoms with Crippen LogP contribution in [-0.2, 0) is 9.53 Å². The van der Waals surface area contributed by atoms with Crippen LogP contribution in [0.3, 0.4) is 0 Å². The standard InChI is InChI=1S/C16H17NO5/c1-2-21-15(20)17-9-7-16(8-10-17)14(19)13(18)11-5-3-4-6-12(11)22-16/h3-6H,2,7-10H2,1H3. The average molecular weight is 303 g/mol. The normalized spacial score (nSPS) is 19.6. The molecule has 6 nitrogen and oxygen atoms in total. The molecule has 0 aliphatic carbocycles. The summed E-state index contributed by atoms with van der Waals surface area (Å²) in [7, 11) is 0. The maximum atomic E-state index is 12.5. The largest absolute Gasteiger partial charge is 0.478 e. The number of fused-ring (bicyclic) bond motifs is 1. The molecule has 2 heterocycles. The third-order valence-electron chi connectivity index (χ3n) is 4.15. The van der Waals surface area contributed by atoms with Gasteiger partial charge in [-0.05, 0) is 19.1 Å². The van der Waals surface area contributed by atoms with Gasteiger partial charge in [-0.15, -0.1) is 0 Å². The van der Waals surface area contributed by atoms with Crippen LogP contribution in [0.4, 0.5) is 4.79 Å². The highest BCUT2D eigenvalue weighted by molar-refractivity contribution is 6.47. The van der Waals surface area contributed by atoms with Crippen LogP contribution in [-0.4, -0.2) is 47.9 Å². The van der Waals surface area contributed by atoms with Gasteiger partial charge in [0, 0.05) is 25.9 Å². The van der Waals surface area contributed by atoms with Gasteiger partial charge in [0.25, 0.3) is 0 Å². The lowest BCUT2D eigenvalue weighted by molar-refractivity contribution is -0.134. The Morgan fingerprint density at radius 3 is 2.64 bits per heavy atom. The molecule has 1 aromatic rings. The molecule has 1 amide bonds. The Bertz CT molecular complexity index is 631. The second kappa shape index (κ2) is 5.44. The van der Waals surface area contributed by atoms with Crippen LogP contribution >= 0.6 is 0 Å². The highest BCUT2D eigenvalue weighted by Crippen LogP contribution is 2.37. The van der Waals surface area contributed by atoms with Crippen molar-refractivity contribution in [2.24, 2.45) is 0 Å². The van der Waals surface area contributed by atoms with Crippen molar-refractivity contribution in [1.82, 2.24) is 4.90 Å². The van der Waals surface area contributed by atoms with E-state index in [0.29, 0.717) is 43.9 Å². The van der Waals surface area contributed by atoms with Gasteiger partial charge >= 0.3 is 6.09 Å². The summed E-state index contributed by atoms with van der Waals surface area (Å²) in [6.07, 6.45) is 0.197. The molecule has 0 radical (unpaired) electrons. The minimum atomic E-state index is -1.14. The number of nitrogens with zero attached hydrogens (tertiary/aromatic N) is 1. The third kappa shape index (κ3) is 2.24. The molecular weight excluding hydrogens is 286 g/mol. The zero-order chi connectivity index (χ0) is 15.7. The molecule has 116 valence electrons. The summed E-state index contributed by atoms with van der Waals surface area (Å²) in [5.74, 6) is -0.585. The molecule has 1 fully saturated rings. The molecule has 1 spiro atoms. The summed E-state index contributed by atoms with van der Waals surface area (Å²) in [5.41, 5.74) is -0.833. The van der Waals surface area contributed by atoms with E-state index in [2.05, 4.69) is 0 Å².